The lowest BCUT2D eigenvalue weighted by Crippen LogP contribution is -2.46. The van der Waals surface area contributed by atoms with Crippen molar-refractivity contribution in [2.24, 2.45) is 11.5 Å². The van der Waals surface area contributed by atoms with Gasteiger partial charge in [0.2, 0.25) is 0 Å². The van der Waals surface area contributed by atoms with Gasteiger partial charge in [0.25, 0.3) is 0 Å². The van der Waals surface area contributed by atoms with Gasteiger partial charge in [-0.25, -0.2) is 19.2 Å². The fourth-order valence-corrected chi connectivity index (χ4v) is 5.86. The first-order valence-corrected chi connectivity index (χ1v) is 26.8. The van der Waals surface area contributed by atoms with Gasteiger partial charge in [-0.05, 0) is 98.3 Å². The molecule has 85 heavy (non-hydrogen) atoms. The molecular formula is C59H91Cl2N5O19. The summed E-state index contributed by atoms with van der Waals surface area (Å²) in [5, 5.41) is 41.0. The van der Waals surface area contributed by atoms with E-state index < -0.39 is 96.3 Å². The monoisotopic (exact) mass is 1240 g/mol. The number of carboxylic acids is 2. The summed E-state index contributed by atoms with van der Waals surface area (Å²) in [5.74, 6) is -3.58. The Bertz CT molecular complexity index is 2420. The summed E-state index contributed by atoms with van der Waals surface area (Å²) >= 11 is 0. The molecule has 0 aliphatic heterocycles. The van der Waals surface area contributed by atoms with Crippen LogP contribution in [0.2, 0.25) is 0 Å². The van der Waals surface area contributed by atoms with Crippen LogP contribution in [0, 0.1) is 0 Å². The van der Waals surface area contributed by atoms with E-state index in [9.17, 15) is 53.1 Å². The van der Waals surface area contributed by atoms with Crippen LogP contribution in [-0.2, 0) is 76.5 Å². The summed E-state index contributed by atoms with van der Waals surface area (Å²) in [5.41, 5.74) is 11.8. The molecule has 26 heteroatoms. The van der Waals surface area contributed by atoms with E-state index in [0.29, 0.717) is 25.7 Å². The van der Waals surface area contributed by atoms with Gasteiger partial charge in [0.1, 0.15) is 42.1 Å². The molecule has 0 aliphatic carbocycles. The number of rotatable bonds is 25. The van der Waals surface area contributed by atoms with E-state index in [1.54, 1.807) is 76.2 Å². The smallest absolute Gasteiger partial charge is 0.408 e. The molecule has 3 amide bonds. The first-order chi connectivity index (χ1) is 38.7. The molecule has 0 heterocycles. The summed E-state index contributed by atoms with van der Waals surface area (Å²) in [6.07, 6.45) is 0.742. The number of hydrogen-bond donors (Lipinski definition) is 9. The maximum Gasteiger partial charge on any atom is 0.408 e. The highest BCUT2D eigenvalue weighted by molar-refractivity contribution is 5.89. The molecular weight excluding hydrogens is 1150 g/mol. The number of nitrogens with two attached hydrogens (primary N) is 2. The maximum atomic E-state index is 12.5. The molecule has 480 valence electrons. The van der Waals surface area contributed by atoms with Crippen molar-refractivity contribution in [2.45, 2.75) is 168 Å². The second-order valence-electron chi connectivity index (χ2n) is 20.9. The van der Waals surface area contributed by atoms with Crippen molar-refractivity contribution in [2.75, 3.05) is 33.0 Å². The van der Waals surface area contributed by atoms with Gasteiger partial charge in [0.15, 0.2) is 23.4 Å². The largest absolute Gasteiger partial charge is 0.481 e. The number of aryl methyl sites for hydroxylation is 3. The Morgan fingerprint density at radius 1 is 0.471 bits per heavy atom. The Kier molecular flexibility index (Phi) is 45.7. The molecule has 24 nitrogen and oxygen atoms in total. The molecule has 3 rings (SSSR count). The van der Waals surface area contributed by atoms with Crippen LogP contribution in [-0.4, -0.2) is 154 Å². The molecule has 0 saturated heterocycles. The molecule has 4 atom stereocenters. The van der Waals surface area contributed by atoms with Crippen molar-refractivity contribution in [3.8, 4) is 0 Å². The van der Waals surface area contributed by atoms with Crippen LogP contribution in [0.5, 0.6) is 0 Å². The second-order valence-corrected chi connectivity index (χ2v) is 20.9. The maximum absolute atomic E-state index is 12.5. The third-order valence-electron chi connectivity index (χ3n) is 10.0. The minimum Gasteiger partial charge on any atom is -0.481 e. The van der Waals surface area contributed by atoms with Crippen LogP contribution in [0.4, 0.5) is 14.4 Å². The van der Waals surface area contributed by atoms with Gasteiger partial charge in [-0.3, -0.25) is 28.8 Å². The highest BCUT2D eigenvalue weighted by Crippen LogP contribution is 2.12. The average molecular weight is 1250 g/mol. The van der Waals surface area contributed by atoms with Crippen molar-refractivity contribution in [3.05, 3.63) is 108 Å². The fourth-order valence-electron chi connectivity index (χ4n) is 5.86. The number of Topliss-reactive ketones (excluding diaryl/α,β-unsaturated/α-hetero) is 3. The van der Waals surface area contributed by atoms with Gasteiger partial charge in [0.05, 0.1) is 25.8 Å². The Hall–Kier alpha value is -7.22. The summed E-state index contributed by atoms with van der Waals surface area (Å²) in [6.45, 7) is 17.0. The first kappa shape index (κ1) is 84.2. The molecule has 0 spiro atoms. The number of nitrogens with one attached hydrogen (secondary N) is 3. The molecule has 0 aliphatic rings. The lowest BCUT2D eigenvalue weighted by atomic mass is 10.0. The van der Waals surface area contributed by atoms with E-state index in [0.717, 1.165) is 16.7 Å². The third kappa shape index (κ3) is 47.8. The molecule has 0 saturated carbocycles. The summed E-state index contributed by atoms with van der Waals surface area (Å²) in [4.78, 5) is 113. The van der Waals surface area contributed by atoms with E-state index in [-0.39, 0.29) is 87.6 Å². The van der Waals surface area contributed by atoms with Crippen LogP contribution in [0.3, 0.4) is 0 Å². The van der Waals surface area contributed by atoms with Crippen LogP contribution in [0.25, 0.3) is 0 Å². The van der Waals surface area contributed by atoms with E-state index in [4.69, 9.17) is 50.5 Å². The number of carboxylic acid groups (broad SMARTS) is 2. The van der Waals surface area contributed by atoms with Gasteiger partial charge in [-0.15, -0.1) is 24.8 Å². The highest BCUT2D eigenvalue weighted by Gasteiger charge is 2.27. The van der Waals surface area contributed by atoms with E-state index >= 15 is 0 Å². The van der Waals surface area contributed by atoms with Crippen molar-refractivity contribution < 1.29 is 92.1 Å². The molecule has 3 aromatic rings. The van der Waals surface area contributed by atoms with Crippen molar-refractivity contribution in [1.82, 2.24) is 16.0 Å². The quantitative estimate of drug-likeness (QED) is 0.0327. The number of hydrogen-bond acceptors (Lipinski definition) is 19. The Morgan fingerprint density at radius 2 is 0.776 bits per heavy atom. The zero-order valence-electron chi connectivity index (χ0n) is 50.5. The minimum absolute atomic E-state index is 0. The summed E-state index contributed by atoms with van der Waals surface area (Å²) in [7, 11) is 0. The summed E-state index contributed by atoms with van der Waals surface area (Å²) < 4.78 is 24.8. The molecule has 3 aromatic carbocycles. The number of carbonyl (C=O) groups is 10. The van der Waals surface area contributed by atoms with Crippen LogP contribution in [0.15, 0.2) is 91.0 Å². The lowest BCUT2D eigenvalue weighted by Gasteiger charge is -2.23. The number of carbonyl (C=O) groups excluding carboxylic acids is 8. The molecule has 0 unspecified atom stereocenters. The SMILES string of the molecule is CC(C)(C)OC(=O)N[C@@H](CO)C(=O)CCc1ccccc1.CC(C)(C)OC(=O)N[C@@H](CO)C(=O)O.CCC(=O)O.CCC(=O)OC[C@H](NC(=O)OC(C)(C)C)C(=O)CCc1ccccc1.Cl.Cl.NCC(=O)OC[C@H](N)C(=O)CCc1ccccc1. The standard InChI is InChI=1S/C19H27NO5.C16H23NO4.C13H18N2O3.C8H15NO5.C3H6O2.2ClH/c1-5-17(22)24-13-15(20-18(23)25-19(2,3)4)16(21)12-11-14-9-7-6-8-10-14;1-16(2,3)21-15(20)17-13(11-18)14(19)10-9-12-7-5-4-6-8-12;14-8-13(17)18-9-11(15)12(16)7-6-10-4-2-1-3-5-10;1-8(2,3)14-7(13)9-5(4-10)6(11)12;1-2-3(4)5;;/h6-10,15H,5,11-13H2,1-4H3,(H,20,23);4-8,13,18H,9-11H2,1-3H3,(H,17,20);1-5,11H,6-9,14-15H2;5,10H,4H2,1-3H3,(H,9,13)(H,11,12);2H2,1H3,(H,4,5);2*1H/t15-;13-;11-;5-;;;/m0000.../s1. The van der Waals surface area contributed by atoms with Gasteiger partial charge < -0.3 is 71.5 Å². The fraction of sp³-hybridized carbons (Fsp3) is 0.525. The summed E-state index contributed by atoms with van der Waals surface area (Å²) in [6, 6.07) is 24.9. The number of benzene rings is 3. The van der Waals surface area contributed by atoms with Crippen molar-refractivity contribution in [3.63, 3.8) is 0 Å². The minimum atomic E-state index is -1.33. The predicted molar refractivity (Wildman–Crippen MR) is 322 cm³/mol. The van der Waals surface area contributed by atoms with Crippen LogP contribution < -0.4 is 27.4 Å². The van der Waals surface area contributed by atoms with Gasteiger partial charge in [-0.2, -0.15) is 0 Å². The number of aliphatic hydroxyl groups excluding tert-OH is 2. The average Bonchev–Trinajstić information content (AvgIpc) is 3.46. The number of halogens is 2. The Balaban J connectivity index is -0.000000505. The molecule has 0 bridgehead atoms. The zero-order chi connectivity index (χ0) is 63.8. The van der Waals surface area contributed by atoms with Gasteiger partial charge >= 0.3 is 42.2 Å². The van der Waals surface area contributed by atoms with Gasteiger partial charge in [-0.1, -0.05) is 105 Å². The Morgan fingerprint density at radius 3 is 1.07 bits per heavy atom. The lowest BCUT2D eigenvalue weighted by molar-refractivity contribution is -0.145. The molecule has 0 fully saturated rings. The number of aliphatic carboxylic acids is 2. The second kappa shape index (κ2) is 46.1. The van der Waals surface area contributed by atoms with E-state index in [1.807, 2.05) is 96.3 Å². The van der Waals surface area contributed by atoms with E-state index in [1.165, 1.54) is 0 Å². The van der Waals surface area contributed by atoms with Crippen LogP contribution >= 0.6 is 24.8 Å². The zero-order valence-corrected chi connectivity index (χ0v) is 52.2. The Labute approximate surface area is 511 Å². The predicted octanol–water partition coefficient (Wildman–Crippen LogP) is 6.41. The van der Waals surface area contributed by atoms with E-state index in [2.05, 4.69) is 10.6 Å². The topological polar surface area (TPSA) is 386 Å². The number of ketones is 3. The number of ether oxygens (including phenoxy) is 5. The molecule has 11 N–H and O–H groups in total. The van der Waals surface area contributed by atoms with Gasteiger partial charge in [0, 0.05) is 32.1 Å². The number of amides is 3. The third-order valence-corrected chi connectivity index (χ3v) is 10.0. The number of esters is 2. The van der Waals surface area contributed by atoms with Crippen LogP contribution in [0.1, 0.15) is 125 Å². The molecule has 0 radical (unpaired) electrons. The van der Waals surface area contributed by atoms with Crippen molar-refractivity contribution >= 4 is 84.3 Å². The molecule has 0 aromatic heterocycles. The normalized spacial score (nSPS) is 11.8. The number of aliphatic hydroxyl groups is 2. The number of alkyl carbamates (subject to hydrolysis) is 3. The highest BCUT2D eigenvalue weighted by atomic mass is 35.5. The first-order valence-electron chi connectivity index (χ1n) is 26.8. The van der Waals surface area contributed by atoms with Crippen molar-refractivity contribution in [1.29, 1.82) is 0 Å².